The van der Waals surface area contributed by atoms with Gasteiger partial charge < -0.3 is 43.5 Å². The molecule has 0 atom stereocenters. The zero-order chi connectivity index (χ0) is 51.4. The Balaban J connectivity index is 0.000000249. The van der Waals surface area contributed by atoms with Gasteiger partial charge in [-0.2, -0.15) is 0 Å². The van der Waals surface area contributed by atoms with Crippen LogP contribution in [-0.2, 0) is 29.3 Å². The van der Waals surface area contributed by atoms with Gasteiger partial charge in [0.1, 0.15) is 56.2 Å². The first-order chi connectivity index (χ1) is 31.8. The summed E-state index contributed by atoms with van der Waals surface area (Å²) < 4.78 is 153. The van der Waals surface area contributed by atoms with Crippen LogP contribution in [0.15, 0.2) is 48.5 Å². The summed E-state index contributed by atoms with van der Waals surface area (Å²) in [4.78, 5) is 27.1. The number of nitrogens with one attached hydrogen (secondary N) is 1. The molecule has 0 bridgehead atoms. The lowest BCUT2D eigenvalue weighted by molar-refractivity contribution is -0.275. The Kier molecular flexibility index (Phi) is 20.0. The third kappa shape index (κ3) is 20.8. The second-order valence-electron chi connectivity index (χ2n) is 19.0. The molecule has 0 radical (unpaired) electrons. The van der Waals surface area contributed by atoms with E-state index in [0.29, 0.717) is 89.3 Å². The van der Waals surface area contributed by atoms with E-state index in [1.807, 2.05) is 20.8 Å². The van der Waals surface area contributed by atoms with E-state index in [1.54, 1.807) is 30.6 Å². The lowest BCUT2D eigenvalue weighted by atomic mass is 10.1. The van der Waals surface area contributed by atoms with Crippen molar-refractivity contribution in [2.24, 2.45) is 0 Å². The van der Waals surface area contributed by atoms with Crippen LogP contribution in [0.4, 0.5) is 35.9 Å². The van der Waals surface area contributed by atoms with Gasteiger partial charge in [0.15, 0.2) is 0 Å². The number of amides is 2. The molecule has 4 aliphatic heterocycles. The second kappa shape index (κ2) is 24.1. The summed E-state index contributed by atoms with van der Waals surface area (Å²) in [5.74, 6) is 0.389. The smallest absolute Gasteiger partial charge is 0.490 e. The molecule has 4 fully saturated rings. The molecule has 0 aromatic heterocycles. The van der Waals surface area contributed by atoms with Crippen molar-refractivity contribution in [1.82, 2.24) is 19.4 Å². The Bertz CT molecular complexity index is 2140. The van der Waals surface area contributed by atoms with Crippen LogP contribution in [0.1, 0.15) is 92.9 Å². The highest BCUT2D eigenvalue weighted by Gasteiger charge is 2.39. The van der Waals surface area contributed by atoms with Crippen molar-refractivity contribution in [2.45, 2.75) is 140 Å². The Hall–Kier alpha value is -4.42. The van der Waals surface area contributed by atoms with Gasteiger partial charge in [-0.25, -0.2) is 30.7 Å². The number of benzene rings is 2. The van der Waals surface area contributed by atoms with Gasteiger partial charge >= 0.3 is 24.9 Å². The maximum absolute atomic E-state index is 13.1. The van der Waals surface area contributed by atoms with Crippen LogP contribution in [0.5, 0.6) is 23.0 Å². The quantitative estimate of drug-likeness (QED) is 0.237. The molecule has 6 rings (SSSR count). The zero-order valence-electron chi connectivity index (χ0n) is 40.1. The predicted molar refractivity (Wildman–Crippen MR) is 243 cm³/mol. The maximum atomic E-state index is 13.1. The molecule has 16 nitrogen and oxygen atoms in total. The zero-order valence-corrected chi connectivity index (χ0v) is 41.7. The summed E-state index contributed by atoms with van der Waals surface area (Å²) in [7, 11) is -6.50. The number of likely N-dealkylation sites (tertiary alicyclic amines) is 2. The number of alkyl halides is 6. The minimum atomic E-state index is -4.76. The molecular weight excluding hydrogens is 967 g/mol. The number of ether oxygens (including phenoxy) is 6. The second-order valence-corrected chi connectivity index (χ2v) is 23.6. The molecule has 4 saturated heterocycles. The van der Waals surface area contributed by atoms with E-state index in [0.717, 1.165) is 25.9 Å². The van der Waals surface area contributed by atoms with Crippen molar-refractivity contribution in [2.75, 3.05) is 58.6 Å². The minimum Gasteiger partial charge on any atom is -0.490 e. The highest BCUT2D eigenvalue weighted by Crippen LogP contribution is 2.30. The normalized spacial score (nSPS) is 19.0. The third-order valence-electron chi connectivity index (χ3n) is 11.0. The lowest BCUT2D eigenvalue weighted by Crippen LogP contribution is -2.50. The molecule has 4 aliphatic rings. The number of sulfonamides is 1. The summed E-state index contributed by atoms with van der Waals surface area (Å²) >= 11 is 0. The van der Waals surface area contributed by atoms with Gasteiger partial charge in [0.2, 0.25) is 10.0 Å². The van der Waals surface area contributed by atoms with Gasteiger partial charge in [-0.3, -0.25) is 0 Å². The molecule has 0 unspecified atom stereocenters. The average molecular weight is 1030 g/mol. The first kappa shape index (κ1) is 57.2. The SMILES string of the molecule is CC(C)(C)OC(=O)N1CCC(S(=O)(=O)N2CCC(Oc3ccc(OC(F)(F)F)cc3)CC2)CC1.CC(C)(C)OC(=O)N1CCC(S(C)(=O)=O)CC1.FC(F)(F)Oc1ccc(OC2CCNCC2)cc1. The molecule has 0 aliphatic carbocycles. The number of sulfone groups is 1. The number of nitrogens with zero attached hydrogens (tertiary/aromatic N) is 3. The summed E-state index contributed by atoms with van der Waals surface area (Å²) in [5, 5.41) is 2.34. The summed E-state index contributed by atoms with van der Waals surface area (Å²) in [6.45, 7) is 14.8. The fourth-order valence-corrected chi connectivity index (χ4v) is 10.6. The molecule has 0 spiro atoms. The van der Waals surface area contributed by atoms with Crippen LogP contribution < -0.4 is 24.3 Å². The maximum Gasteiger partial charge on any atom is 0.573 e. The first-order valence-corrected chi connectivity index (χ1v) is 26.2. The van der Waals surface area contributed by atoms with Gasteiger partial charge in [-0.1, -0.05) is 0 Å². The van der Waals surface area contributed by atoms with Crippen molar-refractivity contribution in [3.8, 4) is 23.0 Å². The van der Waals surface area contributed by atoms with Crippen LogP contribution in [0, 0.1) is 0 Å². The highest BCUT2D eigenvalue weighted by molar-refractivity contribution is 7.91. The molecule has 0 saturated carbocycles. The van der Waals surface area contributed by atoms with Crippen LogP contribution in [0.25, 0.3) is 0 Å². The fraction of sp³-hybridized carbons (Fsp3) is 0.689. The molecule has 2 aromatic carbocycles. The van der Waals surface area contributed by atoms with Crippen molar-refractivity contribution in [1.29, 1.82) is 0 Å². The van der Waals surface area contributed by atoms with E-state index in [-0.39, 0.29) is 35.1 Å². The Morgan fingerprint density at radius 3 is 1.19 bits per heavy atom. The third-order valence-corrected chi connectivity index (χ3v) is 15.1. The Labute approximate surface area is 401 Å². The summed E-state index contributed by atoms with van der Waals surface area (Å²) in [6, 6.07) is 10.6. The van der Waals surface area contributed by atoms with Crippen molar-refractivity contribution < 1.29 is 81.2 Å². The number of carbonyl (C=O) groups excluding carboxylic acids is 2. The molecule has 2 amide bonds. The lowest BCUT2D eigenvalue weighted by Gasteiger charge is -2.37. The molecular formula is C45H66F6N4O12S2. The molecule has 2 aromatic rings. The fourth-order valence-electron chi connectivity index (χ4n) is 7.61. The van der Waals surface area contributed by atoms with Gasteiger partial charge in [-0.15, -0.1) is 26.3 Å². The predicted octanol–water partition coefficient (Wildman–Crippen LogP) is 8.30. The molecule has 392 valence electrons. The van der Waals surface area contributed by atoms with Crippen molar-refractivity contribution >= 4 is 32.0 Å². The van der Waals surface area contributed by atoms with E-state index < -0.39 is 55.1 Å². The standard InChI is InChI=1S/C22H31F3N2O6S.C12H14F3NO2.C11H21NO4S/c1-21(2,3)33-20(28)26-12-10-19(11-13-26)34(29,30)27-14-8-17(9-15-27)31-16-4-6-18(7-5-16)32-22(23,24)25;13-12(14,15)18-11-3-1-9(2-4-11)17-10-5-7-16-8-6-10;1-11(2,3)16-10(13)12-7-5-9(6-8-12)17(4,14)15/h4-7,17,19H,8-15H2,1-3H3;1-4,10,16H,5-8H2;9H,5-8H2,1-4H3. The molecule has 24 heteroatoms. The number of hydrogen-bond acceptors (Lipinski definition) is 13. The summed E-state index contributed by atoms with van der Waals surface area (Å²) in [6.07, 6.45) is -4.62. The van der Waals surface area contributed by atoms with Crippen LogP contribution in [0.3, 0.4) is 0 Å². The molecule has 4 heterocycles. The average Bonchev–Trinajstić information content (AvgIpc) is 3.24. The number of hydrogen-bond donors (Lipinski definition) is 1. The molecule has 69 heavy (non-hydrogen) atoms. The van der Waals surface area contributed by atoms with Gasteiger partial charge in [0.25, 0.3) is 0 Å². The van der Waals surface area contributed by atoms with E-state index in [9.17, 15) is 52.8 Å². The van der Waals surface area contributed by atoms with Crippen molar-refractivity contribution in [3.05, 3.63) is 48.5 Å². The summed E-state index contributed by atoms with van der Waals surface area (Å²) in [5.41, 5.74) is -1.12. The molecule has 1 N–H and O–H groups in total. The number of halogens is 6. The van der Waals surface area contributed by atoms with E-state index in [2.05, 4.69) is 14.8 Å². The van der Waals surface area contributed by atoms with E-state index in [1.165, 1.54) is 59.1 Å². The van der Waals surface area contributed by atoms with Gasteiger partial charge in [0, 0.05) is 45.5 Å². The van der Waals surface area contributed by atoms with Crippen LogP contribution >= 0.6 is 0 Å². The monoisotopic (exact) mass is 1030 g/mol. The topological polar surface area (TPSA) is 180 Å². The Morgan fingerprint density at radius 1 is 0.522 bits per heavy atom. The van der Waals surface area contributed by atoms with Crippen molar-refractivity contribution in [3.63, 3.8) is 0 Å². The number of carbonyl (C=O) groups is 2. The van der Waals surface area contributed by atoms with E-state index in [4.69, 9.17) is 18.9 Å². The van der Waals surface area contributed by atoms with Crippen LogP contribution in [-0.4, -0.2) is 148 Å². The van der Waals surface area contributed by atoms with Gasteiger partial charge in [0.05, 0.1) is 10.5 Å². The Morgan fingerprint density at radius 2 is 0.855 bits per heavy atom. The first-order valence-electron chi connectivity index (χ1n) is 22.7. The largest absolute Gasteiger partial charge is 0.573 e. The minimum absolute atomic E-state index is 0.126. The number of rotatable bonds is 9. The van der Waals surface area contributed by atoms with E-state index >= 15 is 0 Å². The number of piperidine rings is 4. The van der Waals surface area contributed by atoms with Crippen LogP contribution in [0.2, 0.25) is 0 Å². The highest BCUT2D eigenvalue weighted by atomic mass is 32.2. The van der Waals surface area contributed by atoms with Gasteiger partial charge in [-0.05, 0) is 155 Å².